The molecule has 1 aromatic rings. The molecule has 1 N–H and O–H groups in total. The van der Waals surface area contributed by atoms with E-state index in [9.17, 15) is 9.59 Å². The third-order valence-electron chi connectivity index (χ3n) is 2.31. The number of amides is 1. The minimum atomic E-state index is -0.550. The highest BCUT2D eigenvalue weighted by Gasteiger charge is 2.12. The maximum Gasteiger partial charge on any atom is 0.424 e. The van der Waals surface area contributed by atoms with E-state index in [0.29, 0.717) is 12.8 Å². The Bertz CT molecular complexity index is 370. The Balaban J connectivity index is 2.31. The van der Waals surface area contributed by atoms with Gasteiger partial charge in [-0.1, -0.05) is 6.07 Å². The average molecular weight is 251 g/mol. The molecule has 0 aliphatic rings. The molecule has 0 fully saturated rings. The number of aromatic nitrogens is 1. The number of aldehydes is 1. The lowest BCUT2D eigenvalue weighted by Crippen LogP contribution is -2.41. The average Bonchev–Trinajstić information content (AvgIpc) is 2.42. The van der Waals surface area contributed by atoms with Crippen LogP contribution in [0.2, 0.25) is 0 Å². The number of ether oxygens (including phenoxy) is 1. The largest absolute Gasteiger partial charge is 0.441 e. The summed E-state index contributed by atoms with van der Waals surface area (Å²) >= 11 is 0. The number of hydrazine groups is 1. The van der Waals surface area contributed by atoms with E-state index >= 15 is 0 Å². The van der Waals surface area contributed by atoms with Crippen LogP contribution in [-0.2, 0) is 16.0 Å². The highest BCUT2D eigenvalue weighted by atomic mass is 16.6. The normalized spacial score (nSPS) is 9.83. The van der Waals surface area contributed by atoms with Crippen molar-refractivity contribution in [1.29, 1.82) is 0 Å². The monoisotopic (exact) mass is 251 g/mol. The van der Waals surface area contributed by atoms with Gasteiger partial charge in [-0.25, -0.2) is 15.2 Å². The molecular formula is C12H17N3O3. The lowest BCUT2D eigenvalue weighted by atomic mass is 10.2. The SMILES string of the molecule is CNN(CCCc1ccccn1)C(=O)OCC=O. The van der Waals surface area contributed by atoms with Crippen LogP contribution in [0.1, 0.15) is 12.1 Å². The summed E-state index contributed by atoms with van der Waals surface area (Å²) in [5, 5.41) is 1.33. The fourth-order valence-electron chi connectivity index (χ4n) is 1.44. The van der Waals surface area contributed by atoms with Gasteiger partial charge in [-0.3, -0.25) is 9.78 Å². The summed E-state index contributed by atoms with van der Waals surface area (Å²) in [7, 11) is 1.63. The van der Waals surface area contributed by atoms with Crippen molar-refractivity contribution >= 4 is 12.4 Å². The quantitative estimate of drug-likeness (QED) is 0.573. The Morgan fingerprint density at radius 3 is 3.00 bits per heavy atom. The Morgan fingerprint density at radius 2 is 2.39 bits per heavy atom. The summed E-state index contributed by atoms with van der Waals surface area (Å²) in [4.78, 5) is 25.7. The first-order valence-electron chi connectivity index (χ1n) is 5.73. The van der Waals surface area contributed by atoms with Gasteiger partial charge in [0.05, 0.1) is 0 Å². The van der Waals surface area contributed by atoms with Crippen LogP contribution in [0.15, 0.2) is 24.4 Å². The first-order chi connectivity index (χ1) is 8.77. The van der Waals surface area contributed by atoms with Gasteiger partial charge in [0.2, 0.25) is 0 Å². The highest BCUT2D eigenvalue weighted by Crippen LogP contribution is 2.00. The number of hydrogen-bond acceptors (Lipinski definition) is 5. The van der Waals surface area contributed by atoms with Gasteiger partial charge >= 0.3 is 6.09 Å². The summed E-state index contributed by atoms with van der Waals surface area (Å²) in [5.41, 5.74) is 3.70. The van der Waals surface area contributed by atoms with Crippen molar-refractivity contribution in [1.82, 2.24) is 15.4 Å². The van der Waals surface area contributed by atoms with Crippen molar-refractivity contribution in [3.05, 3.63) is 30.1 Å². The molecule has 0 bridgehead atoms. The van der Waals surface area contributed by atoms with E-state index in [1.54, 1.807) is 13.2 Å². The molecule has 0 saturated carbocycles. The van der Waals surface area contributed by atoms with E-state index in [0.717, 1.165) is 18.5 Å². The molecule has 18 heavy (non-hydrogen) atoms. The fourth-order valence-corrected chi connectivity index (χ4v) is 1.44. The molecule has 0 saturated heterocycles. The Labute approximate surface area is 106 Å². The van der Waals surface area contributed by atoms with Crippen molar-refractivity contribution in [2.45, 2.75) is 12.8 Å². The highest BCUT2D eigenvalue weighted by molar-refractivity contribution is 5.69. The smallest absolute Gasteiger partial charge is 0.424 e. The van der Waals surface area contributed by atoms with Gasteiger partial charge in [0.15, 0.2) is 6.29 Å². The zero-order valence-electron chi connectivity index (χ0n) is 10.3. The molecule has 1 rings (SSSR count). The van der Waals surface area contributed by atoms with Gasteiger partial charge in [-0.2, -0.15) is 0 Å². The van der Waals surface area contributed by atoms with Gasteiger partial charge < -0.3 is 4.74 Å². The number of nitrogens with one attached hydrogen (secondary N) is 1. The number of hydrogen-bond donors (Lipinski definition) is 1. The number of aryl methyl sites for hydroxylation is 1. The predicted molar refractivity (Wildman–Crippen MR) is 65.7 cm³/mol. The fraction of sp³-hybridized carbons (Fsp3) is 0.417. The van der Waals surface area contributed by atoms with Gasteiger partial charge in [-0.15, -0.1) is 0 Å². The molecule has 0 aliphatic heterocycles. The van der Waals surface area contributed by atoms with Gasteiger partial charge in [0, 0.05) is 25.5 Å². The molecule has 0 radical (unpaired) electrons. The van der Waals surface area contributed by atoms with Crippen LogP contribution in [0.25, 0.3) is 0 Å². The molecule has 0 unspecified atom stereocenters. The van der Waals surface area contributed by atoms with Crippen molar-refractivity contribution < 1.29 is 14.3 Å². The first-order valence-corrected chi connectivity index (χ1v) is 5.73. The van der Waals surface area contributed by atoms with Gasteiger partial charge in [0.25, 0.3) is 0 Å². The molecule has 0 aliphatic carbocycles. The minimum absolute atomic E-state index is 0.225. The lowest BCUT2D eigenvalue weighted by Gasteiger charge is -2.19. The summed E-state index contributed by atoms with van der Waals surface area (Å²) in [6.45, 7) is 0.266. The molecule has 1 heterocycles. The van der Waals surface area contributed by atoms with Crippen LogP contribution >= 0.6 is 0 Å². The van der Waals surface area contributed by atoms with Crippen LogP contribution < -0.4 is 5.43 Å². The second kappa shape index (κ2) is 8.19. The maximum atomic E-state index is 11.4. The van der Waals surface area contributed by atoms with Gasteiger partial charge in [0.1, 0.15) is 6.61 Å². The summed E-state index contributed by atoms with van der Waals surface area (Å²) in [6.07, 6.45) is 3.27. The molecule has 0 spiro atoms. The van der Waals surface area contributed by atoms with Crippen LogP contribution in [0.5, 0.6) is 0 Å². The molecule has 0 aromatic carbocycles. The molecule has 98 valence electrons. The van der Waals surface area contributed by atoms with Crippen molar-refractivity contribution in [3.8, 4) is 0 Å². The molecule has 6 nitrogen and oxygen atoms in total. The number of carbonyl (C=O) groups is 2. The van der Waals surface area contributed by atoms with Crippen molar-refractivity contribution in [2.24, 2.45) is 0 Å². The van der Waals surface area contributed by atoms with E-state index in [4.69, 9.17) is 0 Å². The van der Waals surface area contributed by atoms with E-state index in [1.165, 1.54) is 5.01 Å². The number of rotatable bonds is 7. The second-order valence-corrected chi connectivity index (χ2v) is 3.54. The second-order valence-electron chi connectivity index (χ2n) is 3.54. The Kier molecular flexibility index (Phi) is 6.42. The molecule has 0 atom stereocenters. The topological polar surface area (TPSA) is 71.5 Å². The first kappa shape index (κ1) is 14.1. The minimum Gasteiger partial charge on any atom is -0.441 e. The Morgan fingerprint density at radius 1 is 1.56 bits per heavy atom. The molecule has 6 heteroatoms. The zero-order valence-corrected chi connectivity index (χ0v) is 10.3. The Hall–Kier alpha value is -1.95. The maximum absolute atomic E-state index is 11.4. The van der Waals surface area contributed by atoms with E-state index in [2.05, 4.69) is 15.1 Å². The van der Waals surface area contributed by atoms with Crippen LogP contribution in [0, 0.1) is 0 Å². The van der Waals surface area contributed by atoms with Crippen molar-refractivity contribution in [2.75, 3.05) is 20.2 Å². The van der Waals surface area contributed by atoms with E-state index < -0.39 is 6.09 Å². The van der Waals surface area contributed by atoms with E-state index in [-0.39, 0.29) is 6.61 Å². The molecular weight excluding hydrogens is 234 g/mol. The predicted octanol–water partition coefficient (Wildman–Crippen LogP) is 0.786. The third kappa shape index (κ3) is 4.92. The third-order valence-corrected chi connectivity index (χ3v) is 2.31. The standard InChI is InChI=1S/C12H17N3O3/c1-13-15(12(17)18-10-9-16)8-4-6-11-5-2-3-7-14-11/h2-3,5,7,9,13H,4,6,8,10H2,1H3. The summed E-state index contributed by atoms with van der Waals surface area (Å²) in [6, 6.07) is 5.73. The summed E-state index contributed by atoms with van der Waals surface area (Å²) in [5.74, 6) is 0. The van der Waals surface area contributed by atoms with Gasteiger partial charge in [-0.05, 0) is 25.0 Å². The van der Waals surface area contributed by atoms with Crippen LogP contribution in [0.3, 0.4) is 0 Å². The number of pyridine rings is 1. The van der Waals surface area contributed by atoms with Crippen LogP contribution in [0.4, 0.5) is 4.79 Å². The molecule has 1 aromatic heterocycles. The zero-order chi connectivity index (χ0) is 13.2. The lowest BCUT2D eigenvalue weighted by molar-refractivity contribution is -0.110. The molecule has 1 amide bonds. The number of nitrogens with zero attached hydrogens (tertiary/aromatic N) is 2. The van der Waals surface area contributed by atoms with E-state index in [1.807, 2.05) is 18.2 Å². The summed E-state index contributed by atoms with van der Waals surface area (Å²) < 4.78 is 4.69. The van der Waals surface area contributed by atoms with Crippen LogP contribution in [-0.4, -0.2) is 42.6 Å². The van der Waals surface area contributed by atoms with Crippen molar-refractivity contribution in [3.63, 3.8) is 0 Å². The number of carbonyl (C=O) groups excluding carboxylic acids is 2.